The highest BCUT2D eigenvalue weighted by atomic mass is 79.9. The molecule has 39 heavy (non-hydrogen) atoms. The van der Waals surface area contributed by atoms with Crippen LogP contribution in [0.25, 0.3) is 5.69 Å². The van der Waals surface area contributed by atoms with Gasteiger partial charge < -0.3 is 4.57 Å². The first-order valence-corrected chi connectivity index (χ1v) is 13.9. The lowest BCUT2D eigenvalue weighted by Crippen LogP contribution is -2.39. The lowest BCUT2D eigenvalue weighted by atomic mass is 10.2. The molecular formula is C27H24BrN5O5S. The third-order valence-electron chi connectivity index (χ3n) is 5.88. The van der Waals surface area contributed by atoms with Crippen LogP contribution in [0.1, 0.15) is 17.0 Å². The molecule has 0 aliphatic carbocycles. The van der Waals surface area contributed by atoms with Gasteiger partial charge in [-0.05, 0) is 56.3 Å². The fourth-order valence-corrected chi connectivity index (χ4v) is 5.89. The van der Waals surface area contributed by atoms with Gasteiger partial charge in [-0.15, -0.1) is 0 Å². The highest BCUT2D eigenvalue weighted by Crippen LogP contribution is 2.27. The number of aryl methyl sites for hydroxylation is 1. The number of hydrogen-bond donors (Lipinski definition) is 1. The predicted molar refractivity (Wildman–Crippen MR) is 153 cm³/mol. The number of sulfonamides is 1. The molecule has 200 valence electrons. The van der Waals surface area contributed by atoms with E-state index in [-0.39, 0.29) is 16.3 Å². The second-order valence-corrected chi connectivity index (χ2v) is 11.3. The summed E-state index contributed by atoms with van der Waals surface area (Å²) in [5, 5.41) is 15.3. The number of carbonyl (C=O) groups is 1. The van der Waals surface area contributed by atoms with Gasteiger partial charge in [0, 0.05) is 39.2 Å². The molecule has 0 spiro atoms. The fraction of sp³-hybridized carbons (Fsp3) is 0.111. The highest BCUT2D eigenvalue weighted by molar-refractivity contribution is 9.10. The Kier molecular flexibility index (Phi) is 8.27. The molecule has 0 aliphatic heterocycles. The van der Waals surface area contributed by atoms with Crippen LogP contribution in [0.15, 0.2) is 99.4 Å². The van der Waals surface area contributed by atoms with Crippen molar-refractivity contribution in [3.63, 3.8) is 0 Å². The summed E-state index contributed by atoms with van der Waals surface area (Å²) in [5.74, 6) is -0.724. The van der Waals surface area contributed by atoms with Crippen LogP contribution in [0.4, 0.5) is 11.4 Å². The van der Waals surface area contributed by atoms with Crippen molar-refractivity contribution in [3.05, 3.63) is 116 Å². The van der Waals surface area contributed by atoms with Gasteiger partial charge in [0.2, 0.25) is 0 Å². The summed E-state index contributed by atoms with van der Waals surface area (Å²) in [6.07, 6.45) is 1.48. The number of non-ortho nitro benzene ring substituents is 1. The summed E-state index contributed by atoms with van der Waals surface area (Å²) in [5.41, 5.74) is 5.62. The molecule has 4 rings (SSSR count). The number of anilines is 1. The Morgan fingerprint density at radius 1 is 1.05 bits per heavy atom. The zero-order valence-electron chi connectivity index (χ0n) is 21.0. The standard InChI is InChI=1S/C27H24BrN5O5S/c1-19-14-21(20(2)32(19)24-10-6-8-22(28)15-24)17-29-30-27(34)18-31(23-9-7-11-25(16-23)33(35)36)39(37,38)26-12-4-3-5-13-26/h3-17H,18H2,1-2H3,(H,30,34)/b29-17-. The summed E-state index contributed by atoms with van der Waals surface area (Å²) >= 11 is 3.48. The number of benzene rings is 3. The normalized spacial score (nSPS) is 11.5. The maximum Gasteiger partial charge on any atom is 0.271 e. The van der Waals surface area contributed by atoms with Gasteiger partial charge in [-0.3, -0.25) is 19.2 Å². The summed E-state index contributed by atoms with van der Waals surface area (Å²) in [6.45, 7) is 3.23. The van der Waals surface area contributed by atoms with E-state index < -0.39 is 27.4 Å². The quantitative estimate of drug-likeness (QED) is 0.160. The fourth-order valence-electron chi connectivity index (χ4n) is 4.07. The van der Waals surface area contributed by atoms with Crippen LogP contribution in [0, 0.1) is 24.0 Å². The second-order valence-electron chi connectivity index (χ2n) is 8.54. The molecule has 1 heterocycles. The van der Waals surface area contributed by atoms with Crippen LogP contribution in [-0.4, -0.2) is 36.6 Å². The third kappa shape index (κ3) is 6.24. The number of nitro groups is 1. The molecule has 0 fully saturated rings. The van der Waals surface area contributed by atoms with Crippen LogP contribution in [0.5, 0.6) is 0 Å². The largest absolute Gasteiger partial charge is 0.318 e. The van der Waals surface area contributed by atoms with Crippen molar-refractivity contribution in [2.45, 2.75) is 18.7 Å². The van der Waals surface area contributed by atoms with E-state index in [0.717, 1.165) is 37.5 Å². The van der Waals surface area contributed by atoms with Gasteiger partial charge in [0.25, 0.3) is 21.6 Å². The van der Waals surface area contributed by atoms with Crippen LogP contribution < -0.4 is 9.73 Å². The second kappa shape index (κ2) is 11.6. The molecule has 0 saturated heterocycles. The number of amides is 1. The van der Waals surface area contributed by atoms with Crippen molar-refractivity contribution >= 4 is 49.4 Å². The first-order chi connectivity index (χ1) is 18.6. The third-order valence-corrected chi connectivity index (χ3v) is 8.16. The number of aromatic nitrogens is 1. The summed E-state index contributed by atoms with van der Waals surface area (Å²) in [4.78, 5) is 23.4. The van der Waals surface area contributed by atoms with E-state index in [1.54, 1.807) is 18.2 Å². The van der Waals surface area contributed by atoms with Crippen molar-refractivity contribution in [2.75, 3.05) is 10.8 Å². The average molecular weight is 610 g/mol. The van der Waals surface area contributed by atoms with Crippen LogP contribution >= 0.6 is 15.9 Å². The first-order valence-electron chi connectivity index (χ1n) is 11.7. The zero-order chi connectivity index (χ0) is 28.2. The summed E-state index contributed by atoms with van der Waals surface area (Å²) < 4.78 is 30.6. The van der Waals surface area contributed by atoms with Gasteiger partial charge in [-0.2, -0.15) is 5.10 Å². The summed E-state index contributed by atoms with van der Waals surface area (Å²) in [7, 11) is -4.22. The molecule has 0 radical (unpaired) electrons. The maximum absolute atomic E-state index is 13.4. The van der Waals surface area contributed by atoms with Gasteiger partial charge in [-0.25, -0.2) is 13.8 Å². The van der Waals surface area contributed by atoms with Crippen LogP contribution in [0.2, 0.25) is 0 Å². The first kappa shape index (κ1) is 27.7. The molecule has 1 N–H and O–H groups in total. The number of hydrazone groups is 1. The van der Waals surface area contributed by atoms with E-state index >= 15 is 0 Å². The van der Waals surface area contributed by atoms with E-state index in [1.807, 2.05) is 48.7 Å². The maximum atomic E-state index is 13.4. The van der Waals surface area contributed by atoms with E-state index in [9.17, 15) is 23.3 Å². The van der Waals surface area contributed by atoms with Crippen LogP contribution in [-0.2, 0) is 14.8 Å². The Morgan fingerprint density at radius 2 is 1.77 bits per heavy atom. The topological polar surface area (TPSA) is 127 Å². The van der Waals surface area contributed by atoms with E-state index in [0.29, 0.717) is 0 Å². The molecule has 1 aromatic heterocycles. The van der Waals surface area contributed by atoms with E-state index in [1.165, 1.54) is 36.5 Å². The number of nitrogens with one attached hydrogen (secondary N) is 1. The van der Waals surface area contributed by atoms with Gasteiger partial charge in [0.05, 0.1) is 21.7 Å². The molecule has 0 unspecified atom stereocenters. The number of carbonyl (C=O) groups excluding carboxylic acids is 1. The van der Waals surface area contributed by atoms with Gasteiger partial charge in [0.15, 0.2) is 0 Å². The Morgan fingerprint density at radius 3 is 2.46 bits per heavy atom. The average Bonchev–Trinajstić information content (AvgIpc) is 3.20. The van der Waals surface area contributed by atoms with Gasteiger partial charge in [-0.1, -0.05) is 46.3 Å². The van der Waals surface area contributed by atoms with E-state index in [4.69, 9.17) is 0 Å². The zero-order valence-corrected chi connectivity index (χ0v) is 23.4. The molecule has 0 aliphatic rings. The molecule has 4 aromatic rings. The molecule has 0 bridgehead atoms. The highest BCUT2D eigenvalue weighted by Gasteiger charge is 2.28. The minimum atomic E-state index is -4.22. The van der Waals surface area contributed by atoms with Crippen molar-refractivity contribution in [2.24, 2.45) is 5.10 Å². The molecule has 0 saturated carbocycles. The Labute approximate surface area is 233 Å². The summed E-state index contributed by atoms with van der Waals surface area (Å²) in [6, 6.07) is 22.4. The monoisotopic (exact) mass is 609 g/mol. The Balaban J connectivity index is 1.58. The number of nitro benzene ring substituents is 1. The molecule has 1 amide bonds. The molecule has 0 atom stereocenters. The lowest BCUT2D eigenvalue weighted by molar-refractivity contribution is -0.384. The van der Waals surface area contributed by atoms with Crippen LogP contribution in [0.3, 0.4) is 0 Å². The lowest BCUT2D eigenvalue weighted by Gasteiger charge is -2.23. The molecule has 3 aromatic carbocycles. The number of halogens is 1. The van der Waals surface area contributed by atoms with Crippen molar-refractivity contribution < 1.29 is 18.1 Å². The van der Waals surface area contributed by atoms with Crippen molar-refractivity contribution in [1.29, 1.82) is 0 Å². The molecule has 10 nitrogen and oxygen atoms in total. The van der Waals surface area contributed by atoms with E-state index in [2.05, 4.69) is 26.5 Å². The SMILES string of the molecule is Cc1cc(/C=N\NC(=O)CN(c2cccc([N+](=O)[O-])c2)S(=O)(=O)c2ccccc2)c(C)n1-c1cccc(Br)c1. The minimum absolute atomic E-state index is 0.0234. The Bertz CT molecular complexity index is 1670. The number of hydrogen-bond acceptors (Lipinski definition) is 6. The van der Waals surface area contributed by atoms with Gasteiger partial charge >= 0.3 is 0 Å². The van der Waals surface area contributed by atoms with Crippen molar-refractivity contribution in [3.8, 4) is 5.69 Å². The number of rotatable bonds is 9. The smallest absolute Gasteiger partial charge is 0.271 e. The minimum Gasteiger partial charge on any atom is -0.318 e. The number of nitrogens with zero attached hydrogens (tertiary/aromatic N) is 4. The molecular weight excluding hydrogens is 586 g/mol. The predicted octanol–water partition coefficient (Wildman–Crippen LogP) is 5.11. The molecule has 12 heteroatoms. The Hall–Kier alpha value is -4.29. The van der Waals surface area contributed by atoms with Crippen molar-refractivity contribution in [1.82, 2.24) is 9.99 Å². The van der Waals surface area contributed by atoms with Gasteiger partial charge in [0.1, 0.15) is 6.54 Å².